The molecule has 2 amide bonds. The normalized spacial score (nSPS) is 25.1. The van der Waals surface area contributed by atoms with Crippen molar-refractivity contribution < 1.29 is 9.59 Å². The standard InChI is InChI=1S/C14H27N3O2/c1-9(2)10(3)17-13(18)8-16-12-6-4-11(5-7-12)14(15)19/h9-12,16H,4-8H2,1-3H3,(H2,15,19)(H,17,18). The third kappa shape index (κ3) is 5.59. The molecule has 0 radical (unpaired) electrons. The number of amides is 2. The van der Waals surface area contributed by atoms with Crippen LogP contribution in [0.15, 0.2) is 0 Å². The topological polar surface area (TPSA) is 84.2 Å². The molecular weight excluding hydrogens is 242 g/mol. The van der Waals surface area contributed by atoms with Crippen LogP contribution in [0.3, 0.4) is 0 Å². The molecule has 19 heavy (non-hydrogen) atoms. The molecule has 0 saturated heterocycles. The minimum absolute atomic E-state index is 0.0211. The molecule has 1 atom stereocenters. The smallest absolute Gasteiger partial charge is 0.234 e. The summed E-state index contributed by atoms with van der Waals surface area (Å²) in [5.74, 6) is 0.308. The molecule has 0 spiro atoms. The molecule has 1 saturated carbocycles. The van der Waals surface area contributed by atoms with Gasteiger partial charge in [0.15, 0.2) is 0 Å². The monoisotopic (exact) mass is 269 g/mol. The van der Waals surface area contributed by atoms with Crippen LogP contribution in [0.4, 0.5) is 0 Å². The molecule has 1 aliphatic rings. The molecule has 1 fully saturated rings. The highest BCUT2D eigenvalue weighted by Crippen LogP contribution is 2.23. The summed E-state index contributed by atoms with van der Waals surface area (Å²) in [6.45, 7) is 6.54. The third-order valence-electron chi connectivity index (χ3n) is 4.07. The van der Waals surface area contributed by atoms with Crippen LogP contribution in [0.5, 0.6) is 0 Å². The molecule has 4 N–H and O–H groups in total. The number of nitrogens with one attached hydrogen (secondary N) is 2. The Bertz CT molecular complexity index is 310. The number of rotatable bonds is 6. The van der Waals surface area contributed by atoms with E-state index < -0.39 is 0 Å². The minimum atomic E-state index is -0.193. The van der Waals surface area contributed by atoms with E-state index in [2.05, 4.69) is 24.5 Å². The van der Waals surface area contributed by atoms with Crippen molar-refractivity contribution in [2.75, 3.05) is 6.54 Å². The van der Waals surface area contributed by atoms with Crippen LogP contribution in [0.1, 0.15) is 46.5 Å². The lowest BCUT2D eigenvalue weighted by Gasteiger charge is -2.27. The molecular formula is C14H27N3O2. The summed E-state index contributed by atoms with van der Waals surface area (Å²) < 4.78 is 0. The molecule has 0 heterocycles. The van der Waals surface area contributed by atoms with Crippen molar-refractivity contribution in [2.24, 2.45) is 17.6 Å². The van der Waals surface area contributed by atoms with E-state index in [1.807, 2.05) is 6.92 Å². The highest BCUT2D eigenvalue weighted by molar-refractivity contribution is 5.78. The fraction of sp³-hybridized carbons (Fsp3) is 0.857. The average molecular weight is 269 g/mol. The highest BCUT2D eigenvalue weighted by atomic mass is 16.2. The Morgan fingerprint density at radius 1 is 1.16 bits per heavy atom. The number of nitrogens with two attached hydrogens (primary N) is 1. The van der Waals surface area contributed by atoms with Gasteiger partial charge in [0.1, 0.15) is 0 Å². The van der Waals surface area contributed by atoms with Gasteiger partial charge in [0, 0.05) is 18.0 Å². The fourth-order valence-corrected chi connectivity index (χ4v) is 2.29. The maximum Gasteiger partial charge on any atom is 0.234 e. The van der Waals surface area contributed by atoms with Crippen molar-refractivity contribution in [3.05, 3.63) is 0 Å². The van der Waals surface area contributed by atoms with E-state index in [0.717, 1.165) is 25.7 Å². The van der Waals surface area contributed by atoms with Crippen molar-refractivity contribution >= 4 is 11.8 Å². The maximum atomic E-state index is 11.7. The number of carbonyl (C=O) groups is 2. The zero-order chi connectivity index (χ0) is 14.4. The Morgan fingerprint density at radius 2 is 1.74 bits per heavy atom. The van der Waals surface area contributed by atoms with Crippen LogP contribution in [-0.4, -0.2) is 30.4 Å². The van der Waals surface area contributed by atoms with Gasteiger partial charge in [-0.2, -0.15) is 0 Å². The van der Waals surface area contributed by atoms with E-state index in [9.17, 15) is 9.59 Å². The largest absolute Gasteiger partial charge is 0.369 e. The number of hydrogen-bond acceptors (Lipinski definition) is 3. The van der Waals surface area contributed by atoms with Crippen LogP contribution in [0.2, 0.25) is 0 Å². The van der Waals surface area contributed by atoms with Crippen LogP contribution < -0.4 is 16.4 Å². The SMILES string of the molecule is CC(C)C(C)NC(=O)CNC1CCC(C(N)=O)CC1. The molecule has 1 aliphatic carbocycles. The number of hydrogen-bond donors (Lipinski definition) is 3. The van der Waals surface area contributed by atoms with Gasteiger partial charge in [-0.25, -0.2) is 0 Å². The first-order valence-corrected chi connectivity index (χ1v) is 7.22. The van der Waals surface area contributed by atoms with Crippen molar-refractivity contribution in [3.8, 4) is 0 Å². The number of carbonyl (C=O) groups excluding carboxylic acids is 2. The van der Waals surface area contributed by atoms with Gasteiger partial charge in [-0.1, -0.05) is 13.8 Å². The van der Waals surface area contributed by atoms with Gasteiger partial charge in [0.05, 0.1) is 6.54 Å². The van der Waals surface area contributed by atoms with Crippen LogP contribution >= 0.6 is 0 Å². The summed E-state index contributed by atoms with van der Waals surface area (Å²) in [5, 5.41) is 6.23. The molecule has 0 aromatic rings. The zero-order valence-electron chi connectivity index (χ0n) is 12.2. The molecule has 110 valence electrons. The Kier molecular flexibility index (Phi) is 6.28. The van der Waals surface area contributed by atoms with Gasteiger partial charge in [0.2, 0.25) is 11.8 Å². The van der Waals surface area contributed by atoms with E-state index in [1.165, 1.54) is 0 Å². The van der Waals surface area contributed by atoms with Crippen molar-refractivity contribution in [1.82, 2.24) is 10.6 Å². The Balaban J connectivity index is 2.20. The summed E-state index contributed by atoms with van der Waals surface area (Å²) in [7, 11) is 0. The molecule has 0 aromatic heterocycles. The third-order valence-corrected chi connectivity index (χ3v) is 4.07. The van der Waals surface area contributed by atoms with Gasteiger partial charge < -0.3 is 16.4 Å². The van der Waals surface area contributed by atoms with Gasteiger partial charge in [-0.05, 0) is 38.5 Å². The second kappa shape index (κ2) is 7.48. The van der Waals surface area contributed by atoms with E-state index in [1.54, 1.807) is 0 Å². The summed E-state index contributed by atoms with van der Waals surface area (Å²) in [6.07, 6.45) is 3.50. The van der Waals surface area contributed by atoms with Crippen molar-refractivity contribution in [1.29, 1.82) is 0 Å². The quantitative estimate of drug-likeness (QED) is 0.666. The first-order chi connectivity index (χ1) is 8.90. The first kappa shape index (κ1) is 16.0. The van der Waals surface area contributed by atoms with Crippen molar-refractivity contribution in [3.63, 3.8) is 0 Å². The average Bonchev–Trinajstić information content (AvgIpc) is 2.36. The summed E-state index contributed by atoms with van der Waals surface area (Å²) in [4.78, 5) is 22.8. The van der Waals surface area contributed by atoms with Crippen LogP contribution in [0, 0.1) is 11.8 Å². The van der Waals surface area contributed by atoms with E-state index in [-0.39, 0.29) is 23.8 Å². The second-order valence-corrected chi connectivity index (χ2v) is 5.93. The Hall–Kier alpha value is -1.10. The minimum Gasteiger partial charge on any atom is -0.369 e. The van der Waals surface area contributed by atoms with Gasteiger partial charge in [0.25, 0.3) is 0 Å². The molecule has 5 nitrogen and oxygen atoms in total. The Morgan fingerprint density at radius 3 is 2.21 bits per heavy atom. The lowest BCUT2D eigenvalue weighted by molar-refractivity contribution is -0.123. The lowest BCUT2D eigenvalue weighted by atomic mass is 9.85. The summed E-state index contributed by atoms with van der Waals surface area (Å²) >= 11 is 0. The Labute approximate surface area is 115 Å². The van der Waals surface area contributed by atoms with E-state index in [4.69, 9.17) is 5.73 Å². The molecule has 0 aromatic carbocycles. The highest BCUT2D eigenvalue weighted by Gasteiger charge is 2.24. The molecule has 0 bridgehead atoms. The zero-order valence-corrected chi connectivity index (χ0v) is 12.2. The van der Waals surface area contributed by atoms with Crippen molar-refractivity contribution in [2.45, 2.75) is 58.5 Å². The van der Waals surface area contributed by atoms with Crippen LogP contribution in [0.25, 0.3) is 0 Å². The van der Waals surface area contributed by atoms with E-state index in [0.29, 0.717) is 18.5 Å². The molecule has 5 heteroatoms. The predicted molar refractivity (Wildman–Crippen MR) is 75.4 cm³/mol. The number of primary amides is 1. The second-order valence-electron chi connectivity index (χ2n) is 5.93. The first-order valence-electron chi connectivity index (χ1n) is 7.22. The van der Waals surface area contributed by atoms with Crippen LogP contribution in [-0.2, 0) is 9.59 Å². The maximum absolute atomic E-state index is 11.7. The summed E-state index contributed by atoms with van der Waals surface area (Å²) in [6, 6.07) is 0.524. The molecule has 1 rings (SSSR count). The van der Waals surface area contributed by atoms with E-state index >= 15 is 0 Å². The van der Waals surface area contributed by atoms with Gasteiger partial charge >= 0.3 is 0 Å². The predicted octanol–water partition coefficient (Wildman–Crippen LogP) is 0.781. The van der Waals surface area contributed by atoms with Gasteiger partial charge in [-0.3, -0.25) is 9.59 Å². The summed E-state index contributed by atoms with van der Waals surface area (Å²) in [5.41, 5.74) is 5.29. The molecule has 1 unspecified atom stereocenters. The van der Waals surface area contributed by atoms with Gasteiger partial charge in [-0.15, -0.1) is 0 Å². The fourth-order valence-electron chi connectivity index (χ4n) is 2.29. The lowest BCUT2D eigenvalue weighted by Crippen LogP contribution is -2.45. The molecule has 0 aliphatic heterocycles.